The van der Waals surface area contributed by atoms with Gasteiger partial charge in [0.25, 0.3) is 0 Å². The molecular formula is C38H48O20. The van der Waals surface area contributed by atoms with Crippen molar-refractivity contribution in [1.29, 1.82) is 0 Å². The first kappa shape index (κ1) is 44.5. The topological polar surface area (TPSA) is 321 Å². The predicted octanol–water partition coefficient (Wildman–Crippen LogP) is -2.14. The van der Waals surface area contributed by atoms with E-state index in [2.05, 4.69) is 0 Å². The Balaban J connectivity index is 1.24. The monoisotopic (exact) mass is 824 g/mol. The van der Waals surface area contributed by atoms with Crippen molar-refractivity contribution in [3.63, 3.8) is 0 Å². The lowest BCUT2D eigenvalue weighted by atomic mass is 9.86. The molecule has 3 aliphatic heterocycles. The van der Waals surface area contributed by atoms with Gasteiger partial charge < -0.3 is 89.3 Å². The van der Waals surface area contributed by atoms with Crippen LogP contribution in [0.2, 0.25) is 0 Å². The average Bonchev–Trinajstić information content (AvgIpc) is 3.20. The first-order valence-corrected chi connectivity index (χ1v) is 18.3. The van der Waals surface area contributed by atoms with E-state index >= 15 is 0 Å². The number of aliphatic hydroxyl groups is 8. The molecule has 0 spiro atoms. The highest BCUT2D eigenvalue weighted by atomic mass is 16.8. The summed E-state index contributed by atoms with van der Waals surface area (Å²) in [5, 5.41) is 110. The highest BCUT2D eigenvalue weighted by Gasteiger charge is 2.47. The molecule has 2 fully saturated rings. The second-order valence-electron chi connectivity index (χ2n) is 13.7. The van der Waals surface area contributed by atoms with Crippen LogP contribution in [0.1, 0.15) is 24.5 Å². The minimum atomic E-state index is -1.79. The number of aliphatic hydroxyl groups excluding tert-OH is 8. The SMILES string of the molecule is CC=C1C(OC2OC(CO)C(O)C(O)C2O)OC=C(C(=O)OCCc2ccc(O)c(O)c2)C1CC(=O)OCCc1ccc(OC2OC(CO)C(O)C(O)C2O)c(O)c1. The number of hydrogen-bond acceptors (Lipinski definition) is 20. The van der Waals surface area contributed by atoms with Crippen LogP contribution in [0.3, 0.4) is 0 Å². The lowest BCUT2D eigenvalue weighted by Crippen LogP contribution is -2.60. The summed E-state index contributed by atoms with van der Waals surface area (Å²) in [7, 11) is 0. The summed E-state index contributed by atoms with van der Waals surface area (Å²) < 4.78 is 38.7. The van der Waals surface area contributed by atoms with Crippen LogP contribution in [0.5, 0.6) is 23.0 Å². The van der Waals surface area contributed by atoms with Crippen molar-refractivity contribution in [2.24, 2.45) is 5.92 Å². The minimum absolute atomic E-state index is 0.0876. The van der Waals surface area contributed by atoms with Gasteiger partial charge in [0.1, 0.15) is 48.8 Å². The molecular weight excluding hydrogens is 776 g/mol. The largest absolute Gasteiger partial charge is 0.504 e. The van der Waals surface area contributed by atoms with Crippen molar-refractivity contribution in [1.82, 2.24) is 0 Å². The fourth-order valence-corrected chi connectivity index (χ4v) is 6.49. The number of esters is 2. The van der Waals surface area contributed by atoms with Gasteiger partial charge in [0.05, 0.1) is 44.7 Å². The molecule has 12 unspecified atom stereocenters. The Bertz CT molecular complexity index is 1780. The number of rotatable bonds is 15. The number of carbonyl (C=O) groups excluding carboxylic acids is 2. The Labute approximate surface area is 330 Å². The van der Waals surface area contributed by atoms with Crippen molar-refractivity contribution in [3.8, 4) is 23.0 Å². The van der Waals surface area contributed by atoms with Gasteiger partial charge in [0.15, 0.2) is 29.3 Å². The molecule has 2 saturated heterocycles. The van der Waals surface area contributed by atoms with Crippen molar-refractivity contribution in [2.75, 3.05) is 26.4 Å². The van der Waals surface area contributed by atoms with Crippen LogP contribution in [-0.2, 0) is 50.9 Å². The summed E-state index contributed by atoms with van der Waals surface area (Å²) in [6.45, 7) is -0.212. The molecule has 0 saturated carbocycles. The van der Waals surface area contributed by atoms with Gasteiger partial charge in [-0.15, -0.1) is 0 Å². The molecule has 12 atom stereocenters. The van der Waals surface area contributed by atoms with Crippen LogP contribution >= 0.6 is 0 Å². The maximum Gasteiger partial charge on any atom is 0.337 e. The molecule has 3 aliphatic rings. The van der Waals surface area contributed by atoms with E-state index in [4.69, 9.17) is 33.2 Å². The molecule has 20 heteroatoms. The van der Waals surface area contributed by atoms with Gasteiger partial charge in [-0.3, -0.25) is 4.79 Å². The third kappa shape index (κ3) is 10.3. The average molecular weight is 825 g/mol. The second-order valence-corrected chi connectivity index (χ2v) is 13.7. The van der Waals surface area contributed by atoms with E-state index in [0.29, 0.717) is 11.1 Å². The van der Waals surface area contributed by atoms with Crippen LogP contribution in [-0.4, -0.2) is 162 Å². The smallest absolute Gasteiger partial charge is 0.337 e. The Kier molecular flexibility index (Phi) is 15.3. The Morgan fingerprint density at radius 1 is 0.707 bits per heavy atom. The fourth-order valence-electron chi connectivity index (χ4n) is 6.49. The minimum Gasteiger partial charge on any atom is -0.504 e. The van der Waals surface area contributed by atoms with Crippen LogP contribution in [0.15, 0.2) is 59.9 Å². The first-order chi connectivity index (χ1) is 27.7. The van der Waals surface area contributed by atoms with Gasteiger partial charge >= 0.3 is 11.9 Å². The molecule has 0 aliphatic carbocycles. The third-order valence-corrected chi connectivity index (χ3v) is 9.85. The Morgan fingerprint density at radius 3 is 1.86 bits per heavy atom. The number of allylic oxidation sites excluding steroid dienone is 1. The van der Waals surface area contributed by atoms with Crippen molar-refractivity contribution in [2.45, 2.75) is 93.9 Å². The zero-order chi connectivity index (χ0) is 42.3. The lowest BCUT2D eigenvalue weighted by Gasteiger charge is -2.42. The van der Waals surface area contributed by atoms with Crippen LogP contribution in [0.4, 0.5) is 0 Å². The first-order valence-electron chi connectivity index (χ1n) is 18.3. The quantitative estimate of drug-likeness (QED) is 0.0519. The van der Waals surface area contributed by atoms with Gasteiger partial charge in [-0.1, -0.05) is 18.2 Å². The maximum atomic E-state index is 13.4. The van der Waals surface area contributed by atoms with Crippen molar-refractivity contribution < 1.29 is 98.9 Å². The van der Waals surface area contributed by atoms with Gasteiger partial charge in [0, 0.05) is 24.3 Å². The third-order valence-electron chi connectivity index (χ3n) is 9.85. The summed E-state index contributed by atoms with van der Waals surface area (Å²) in [6, 6.07) is 8.24. The molecule has 320 valence electrons. The molecule has 0 amide bonds. The number of benzene rings is 2. The molecule has 0 radical (unpaired) electrons. The van der Waals surface area contributed by atoms with Crippen LogP contribution < -0.4 is 4.74 Å². The Morgan fingerprint density at radius 2 is 1.28 bits per heavy atom. The fraction of sp³-hybridized carbons (Fsp3) is 0.526. The number of phenols is 3. The number of hydrogen-bond donors (Lipinski definition) is 11. The predicted molar refractivity (Wildman–Crippen MR) is 191 cm³/mol. The number of phenolic OH excluding ortho intramolecular Hbond substituents is 3. The number of ether oxygens (including phenoxy) is 7. The molecule has 58 heavy (non-hydrogen) atoms. The summed E-state index contributed by atoms with van der Waals surface area (Å²) in [5.41, 5.74) is 1.09. The normalized spacial score (nSPS) is 31.9. The van der Waals surface area contributed by atoms with Crippen LogP contribution in [0.25, 0.3) is 0 Å². The Hall–Kier alpha value is -4.58. The zero-order valence-corrected chi connectivity index (χ0v) is 31.1. The summed E-state index contributed by atoms with van der Waals surface area (Å²) in [5.74, 6) is -4.00. The van der Waals surface area contributed by atoms with E-state index in [9.17, 15) is 65.8 Å². The zero-order valence-electron chi connectivity index (χ0n) is 31.1. The molecule has 2 aromatic rings. The summed E-state index contributed by atoms with van der Waals surface area (Å²) in [6.07, 6.45) is -15.0. The maximum absolute atomic E-state index is 13.4. The molecule has 5 rings (SSSR count). The van der Waals surface area contributed by atoms with E-state index in [1.165, 1.54) is 42.5 Å². The molecule has 11 N–H and O–H groups in total. The van der Waals surface area contributed by atoms with Gasteiger partial charge in [-0.25, -0.2) is 4.79 Å². The summed E-state index contributed by atoms with van der Waals surface area (Å²) in [4.78, 5) is 26.7. The van der Waals surface area contributed by atoms with Gasteiger partial charge in [-0.2, -0.15) is 0 Å². The van der Waals surface area contributed by atoms with E-state index in [0.717, 1.165) is 6.26 Å². The van der Waals surface area contributed by atoms with Crippen molar-refractivity contribution in [3.05, 3.63) is 71.0 Å². The molecule has 20 nitrogen and oxygen atoms in total. The van der Waals surface area contributed by atoms with Crippen LogP contribution in [0, 0.1) is 5.92 Å². The highest BCUT2D eigenvalue weighted by molar-refractivity contribution is 5.91. The molecule has 0 aromatic heterocycles. The van der Waals surface area contributed by atoms with E-state index in [1.807, 2.05) is 0 Å². The standard InChI is InChI=1S/C38H48O20/c1-2-19-20(13-28(44)52-9-7-18-4-6-25(24(43)12-18)55-37-33(49)31(47)29(45)26(14-39)56-37)21(35(51)53-10-8-17-3-5-22(41)23(42)11-17)16-54-36(19)58-38-34(50)32(48)30(46)27(15-40)57-38/h2-6,11-12,16,20,26-27,29-34,36-43,45-50H,7-10,13-15H2,1H3. The molecule has 0 bridgehead atoms. The highest BCUT2D eigenvalue weighted by Crippen LogP contribution is 2.37. The van der Waals surface area contributed by atoms with Gasteiger partial charge in [0.2, 0.25) is 12.6 Å². The molecule has 2 aromatic carbocycles. The number of carbonyl (C=O) groups is 2. The van der Waals surface area contributed by atoms with E-state index < -0.39 is 111 Å². The molecule has 3 heterocycles. The number of aromatic hydroxyl groups is 3. The van der Waals surface area contributed by atoms with Gasteiger partial charge in [-0.05, 0) is 42.3 Å². The second kappa shape index (κ2) is 19.9. The van der Waals surface area contributed by atoms with E-state index in [-0.39, 0.29) is 54.5 Å². The van der Waals surface area contributed by atoms with Crippen molar-refractivity contribution >= 4 is 11.9 Å². The summed E-state index contributed by atoms with van der Waals surface area (Å²) >= 11 is 0. The lowest BCUT2D eigenvalue weighted by molar-refractivity contribution is -0.327. The van der Waals surface area contributed by atoms with E-state index in [1.54, 1.807) is 6.92 Å².